The summed E-state index contributed by atoms with van der Waals surface area (Å²) in [6, 6.07) is 6.21. The topological polar surface area (TPSA) is 96.4 Å². The van der Waals surface area contributed by atoms with Crippen LogP contribution in [0, 0.1) is 0 Å². The molecule has 0 bridgehead atoms. The second kappa shape index (κ2) is 3.82. The van der Waals surface area contributed by atoms with Gasteiger partial charge in [-0.1, -0.05) is 11.3 Å². The van der Waals surface area contributed by atoms with Crippen LogP contribution in [0.3, 0.4) is 0 Å². The second-order valence-electron chi connectivity index (χ2n) is 3.08. The number of benzene rings is 1. The van der Waals surface area contributed by atoms with Gasteiger partial charge in [0.15, 0.2) is 10.8 Å². The molecule has 0 saturated heterocycles. The molecule has 2 aromatic rings. The van der Waals surface area contributed by atoms with Crippen molar-refractivity contribution in [3.63, 3.8) is 0 Å². The molecule has 0 aliphatic heterocycles. The van der Waals surface area contributed by atoms with Crippen LogP contribution in [-0.2, 0) is 0 Å². The van der Waals surface area contributed by atoms with Crippen molar-refractivity contribution in [1.82, 2.24) is 4.98 Å². The van der Waals surface area contributed by atoms with Gasteiger partial charge in [0.2, 0.25) is 0 Å². The highest BCUT2D eigenvalue weighted by molar-refractivity contribution is 7.19. The molecule has 6 heteroatoms. The Bertz CT molecular complexity index is 533. The van der Waals surface area contributed by atoms with Gasteiger partial charge in [0.1, 0.15) is 5.75 Å². The summed E-state index contributed by atoms with van der Waals surface area (Å²) in [4.78, 5) is 15.1. The number of nitrogen functional groups attached to an aromatic ring is 1. The van der Waals surface area contributed by atoms with Crippen LogP contribution in [-0.4, -0.2) is 21.2 Å². The summed E-state index contributed by atoms with van der Waals surface area (Å²) in [5, 5.41) is 18.3. The minimum atomic E-state index is -1.11. The monoisotopic (exact) mass is 236 g/mol. The van der Waals surface area contributed by atoms with Crippen molar-refractivity contribution in [1.29, 1.82) is 0 Å². The van der Waals surface area contributed by atoms with Crippen LogP contribution in [0.5, 0.6) is 5.75 Å². The summed E-state index contributed by atoms with van der Waals surface area (Å²) in [7, 11) is 0. The number of aromatic hydroxyl groups is 1. The van der Waals surface area contributed by atoms with Crippen LogP contribution in [0.2, 0.25) is 0 Å². The third kappa shape index (κ3) is 1.82. The first-order chi connectivity index (χ1) is 7.58. The zero-order valence-electron chi connectivity index (χ0n) is 8.04. The molecule has 0 saturated carbocycles. The average molecular weight is 236 g/mol. The Hall–Kier alpha value is -2.08. The van der Waals surface area contributed by atoms with Crippen molar-refractivity contribution in [3.8, 4) is 16.2 Å². The lowest BCUT2D eigenvalue weighted by Crippen LogP contribution is -1.99. The molecule has 82 valence electrons. The van der Waals surface area contributed by atoms with Crippen LogP contribution >= 0.6 is 11.3 Å². The molecule has 1 heterocycles. The molecular weight excluding hydrogens is 228 g/mol. The number of thiazole rings is 1. The summed E-state index contributed by atoms with van der Waals surface area (Å²) in [5.41, 5.74) is 6.09. The van der Waals surface area contributed by atoms with Gasteiger partial charge in [0.25, 0.3) is 0 Å². The van der Waals surface area contributed by atoms with E-state index in [9.17, 15) is 4.79 Å². The largest absolute Gasteiger partial charge is 0.508 e. The molecule has 1 aromatic carbocycles. The fourth-order valence-electron chi connectivity index (χ4n) is 1.29. The number of carboxylic acid groups (broad SMARTS) is 1. The Morgan fingerprint density at radius 3 is 2.50 bits per heavy atom. The normalized spacial score (nSPS) is 10.2. The fraction of sp³-hybridized carbons (Fsp3) is 0. The number of rotatable bonds is 2. The first-order valence-electron chi connectivity index (χ1n) is 4.37. The lowest BCUT2D eigenvalue weighted by molar-refractivity contribution is 0.0692. The molecule has 16 heavy (non-hydrogen) atoms. The Balaban J connectivity index is 2.55. The third-order valence-corrected chi connectivity index (χ3v) is 2.91. The van der Waals surface area contributed by atoms with Gasteiger partial charge in [-0.25, -0.2) is 9.78 Å². The van der Waals surface area contributed by atoms with Gasteiger partial charge >= 0.3 is 5.97 Å². The molecule has 0 aliphatic carbocycles. The first kappa shape index (κ1) is 10.4. The van der Waals surface area contributed by atoms with Crippen LogP contribution < -0.4 is 5.73 Å². The number of phenols is 1. The van der Waals surface area contributed by atoms with E-state index in [2.05, 4.69) is 4.98 Å². The summed E-state index contributed by atoms with van der Waals surface area (Å²) >= 11 is 1.11. The molecule has 0 fully saturated rings. The standard InChI is InChI=1S/C10H8N2O3S/c11-10-12-7(9(14)15)8(16-10)5-1-3-6(13)4-2-5/h1-4,13H,(H2,11,12)(H,14,15). The van der Waals surface area contributed by atoms with Crippen LogP contribution in [0.1, 0.15) is 10.5 Å². The van der Waals surface area contributed by atoms with E-state index >= 15 is 0 Å². The van der Waals surface area contributed by atoms with Crippen LogP contribution in [0.4, 0.5) is 5.13 Å². The quantitative estimate of drug-likeness (QED) is 0.738. The molecular formula is C10H8N2O3S. The van der Waals surface area contributed by atoms with Gasteiger partial charge in [-0.2, -0.15) is 0 Å². The van der Waals surface area contributed by atoms with Crippen molar-refractivity contribution in [2.24, 2.45) is 0 Å². The van der Waals surface area contributed by atoms with Gasteiger partial charge in [-0.05, 0) is 29.8 Å². The number of phenolic OH excluding ortho intramolecular Hbond substituents is 1. The maximum Gasteiger partial charge on any atom is 0.356 e. The number of aromatic carboxylic acids is 1. The summed E-state index contributed by atoms with van der Waals surface area (Å²) < 4.78 is 0. The molecule has 2 rings (SSSR count). The van der Waals surface area contributed by atoms with E-state index in [0.29, 0.717) is 10.4 Å². The van der Waals surface area contributed by atoms with E-state index in [1.165, 1.54) is 12.1 Å². The van der Waals surface area contributed by atoms with Gasteiger partial charge < -0.3 is 15.9 Å². The highest BCUT2D eigenvalue weighted by Crippen LogP contribution is 2.32. The van der Waals surface area contributed by atoms with Crippen LogP contribution in [0.25, 0.3) is 10.4 Å². The predicted molar refractivity (Wildman–Crippen MR) is 60.6 cm³/mol. The number of aromatic nitrogens is 1. The number of carboxylic acids is 1. The SMILES string of the molecule is Nc1nc(C(=O)O)c(-c2ccc(O)cc2)s1. The zero-order valence-corrected chi connectivity index (χ0v) is 8.86. The Labute approximate surface area is 94.8 Å². The number of nitrogens with zero attached hydrogens (tertiary/aromatic N) is 1. The fourth-order valence-corrected chi connectivity index (χ4v) is 2.12. The number of hydrogen-bond donors (Lipinski definition) is 3. The minimum Gasteiger partial charge on any atom is -0.508 e. The average Bonchev–Trinajstić information content (AvgIpc) is 2.61. The van der Waals surface area contributed by atoms with E-state index < -0.39 is 5.97 Å². The lowest BCUT2D eigenvalue weighted by Gasteiger charge is -1.98. The number of hydrogen-bond acceptors (Lipinski definition) is 5. The number of carbonyl (C=O) groups is 1. The van der Waals surface area contributed by atoms with Gasteiger partial charge in [0, 0.05) is 0 Å². The zero-order chi connectivity index (χ0) is 11.7. The molecule has 0 spiro atoms. The third-order valence-electron chi connectivity index (χ3n) is 1.98. The summed E-state index contributed by atoms with van der Waals surface area (Å²) in [5.74, 6) is -0.992. The highest BCUT2D eigenvalue weighted by Gasteiger charge is 2.17. The van der Waals surface area contributed by atoms with Crippen molar-refractivity contribution < 1.29 is 15.0 Å². The molecule has 0 amide bonds. The molecule has 0 unspecified atom stereocenters. The number of nitrogens with two attached hydrogens (primary N) is 1. The predicted octanol–water partition coefficient (Wildman–Crippen LogP) is 1.80. The summed E-state index contributed by atoms with van der Waals surface area (Å²) in [6.45, 7) is 0. The van der Waals surface area contributed by atoms with Crippen molar-refractivity contribution in [2.45, 2.75) is 0 Å². The van der Waals surface area contributed by atoms with Crippen LogP contribution in [0.15, 0.2) is 24.3 Å². The summed E-state index contributed by atoms with van der Waals surface area (Å²) in [6.07, 6.45) is 0. The Kier molecular flexibility index (Phi) is 2.49. The highest BCUT2D eigenvalue weighted by atomic mass is 32.1. The van der Waals surface area contributed by atoms with Gasteiger partial charge in [0.05, 0.1) is 4.88 Å². The number of anilines is 1. The minimum absolute atomic E-state index is 0.0619. The van der Waals surface area contributed by atoms with Crippen molar-refractivity contribution in [3.05, 3.63) is 30.0 Å². The van der Waals surface area contributed by atoms with E-state index in [1.54, 1.807) is 12.1 Å². The second-order valence-corrected chi connectivity index (χ2v) is 4.11. The van der Waals surface area contributed by atoms with E-state index in [0.717, 1.165) is 11.3 Å². The Morgan fingerprint density at radius 2 is 1.94 bits per heavy atom. The lowest BCUT2D eigenvalue weighted by atomic mass is 10.1. The van der Waals surface area contributed by atoms with Crippen molar-refractivity contribution in [2.75, 3.05) is 5.73 Å². The maximum absolute atomic E-state index is 10.9. The maximum atomic E-state index is 10.9. The smallest absolute Gasteiger partial charge is 0.356 e. The Morgan fingerprint density at radius 1 is 1.31 bits per heavy atom. The van der Waals surface area contributed by atoms with Crippen molar-refractivity contribution >= 4 is 22.4 Å². The molecule has 0 aliphatic rings. The molecule has 0 radical (unpaired) electrons. The molecule has 0 atom stereocenters. The molecule has 1 aromatic heterocycles. The van der Waals surface area contributed by atoms with Gasteiger partial charge in [-0.15, -0.1) is 0 Å². The molecule has 5 nitrogen and oxygen atoms in total. The molecule has 4 N–H and O–H groups in total. The van der Waals surface area contributed by atoms with E-state index in [-0.39, 0.29) is 16.6 Å². The first-order valence-corrected chi connectivity index (χ1v) is 5.18. The van der Waals surface area contributed by atoms with E-state index in [1.807, 2.05) is 0 Å². The van der Waals surface area contributed by atoms with Gasteiger partial charge in [-0.3, -0.25) is 0 Å². The van der Waals surface area contributed by atoms with E-state index in [4.69, 9.17) is 15.9 Å².